The summed E-state index contributed by atoms with van der Waals surface area (Å²) in [5, 5.41) is 7.05. The second-order valence-corrected chi connectivity index (χ2v) is 6.81. The predicted molar refractivity (Wildman–Crippen MR) is 95.9 cm³/mol. The summed E-state index contributed by atoms with van der Waals surface area (Å²) in [4.78, 5) is 16.7. The molecule has 1 amide bonds. The zero-order chi connectivity index (χ0) is 17.6. The molecule has 1 aromatic heterocycles. The quantitative estimate of drug-likeness (QED) is 0.784. The number of aromatic nitrogens is 2. The van der Waals surface area contributed by atoms with E-state index in [2.05, 4.69) is 15.5 Å². The molecular formula is C19H26N4O2. The van der Waals surface area contributed by atoms with Gasteiger partial charge in [0.05, 0.1) is 0 Å². The van der Waals surface area contributed by atoms with Gasteiger partial charge in [-0.15, -0.1) is 0 Å². The van der Waals surface area contributed by atoms with E-state index in [1.54, 1.807) is 0 Å². The minimum absolute atomic E-state index is 0.0480. The molecule has 6 nitrogen and oxygen atoms in total. The molecule has 1 heterocycles. The van der Waals surface area contributed by atoms with Gasteiger partial charge >= 0.3 is 0 Å². The van der Waals surface area contributed by atoms with Crippen molar-refractivity contribution in [2.24, 2.45) is 0 Å². The van der Waals surface area contributed by atoms with E-state index < -0.39 is 0 Å². The molecule has 25 heavy (non-hydrogen) atoms. The third-order valence-electron chi connectivity index (χ3n) is 4.85. The predicted octanol–water partition coefficient (Wildman–Crippen LogP) is 3.51. The van der Waals surface area contributed by atoms with Crippen molar-refractivity contribution in [3.63, 3.8) is 0 Å². The summed E-state index contributed by atoms with van der Waals surface area (Å²) >= 11 is 0. The molecule has 0 aliphatic heterocycles. The van der Waals surface area contributed by atoms with Gasteiger partial charge in [0.15, 0.2) is 5.82 Å². The Morgan fingerprint density at radius 1 is 1.32 bits per heavy atom. The number of aryl methyl sites for hydroxylation is 1. The van der Waals surface area contributed by atoms with Gasteiger partial charge in [-0.25, -0.2) is 0 Å². The lowest BCUT2D eigenvalue weighted by atomic mass is 9.89. The maximum Gasteiger partial charge on any atom is 0.248 e. The molecule has 1 unspecified atom stereocenters. The van der Waals surface area contributed by atoms with Crippen molar-refractivity contribution in [2.45, 2.75) is 63.8 Å². The molecule has 2 aromatic rings. The topological polar surface area (TPSA) is 94.0 Å². The third-order valence-corrected chi connectivity index (χ3v) is 4.85. The fraction of sp³-hybridized carbons (Fsp3) is 0.526. The number of nitrogens with zero attached hydrogens (tertiary/aromatic N) is 2. The van der Waals surface area contributed by atoms with Crippen molar-refractivity contribution in [2.75, 3.05) is 5.73 Å². The maximum absolute atomic E-state index is 12.2. The molecule has 0 radical (unpaired) electrons. The second kappa shape index (κ2) is 8.14. The lowest BCUT2D eigenvalue weighted by Gasteiger charge is -2.17. The van der Waals surface area contributed by atoms with Crippen molar-refractivity contribution < 1.29 is 9.32 Å². The first-order chi connectivity index (χ1) is 12.1. The highest BCUT2D eigenvalue weighted by atomic mass is 16.5. The molecule has 0 spiro atoms. The molecule has 1 aromatic carbocycles. The number of carbonyl (C=O) groups is 1. The molecule has 3 N–H and O–H groups in total. The summed E-state index contributed by atoms with van der Waals surface area (Å²) in [7, 11) is 0. The van der Waals surface area contributed by atoms with Crippen LogP contribution in [0.2, 0.25) is 0 Å². The van der Waals surface area contributed by atoms with Crippen LogP contribution in [0.1, 0.15) is 74.7 Å². The minimum Gasteiger partial charge on any atom is -0.399 e. The van der Waals surface area contributed by atoms with E-state index in [0.29, 0.717) is 24.7 Å². The highest BCUT2D eigenvalue weighted by Gasteiger charge is 2.23. The number of anilines is 1. The van der Waals surface area contributed by atoms with E-state index in [9.17, 15) is 4.79 Å². The number of hydrogen-bond acceptors (Lipinski definition) is 5. The molecule has 1 aliphatic carbocycles. The van der Waals surface area contributed by atoms with Gasteiger partial charge in [-0.2, -0.15) is 4.98 Å². The Bertz CT molecular complexity index is 707. The number of para-hydroxylation sites is 1. The number of amides is 1. The second-order valence-electron chi connectivity index (χ2n) is 6.81. The first-order valence-electron chi connectivity index (χ1n) is 9.09. The van der Waals surface area contributed by atoms with Crippen LogP contribution in [0.5, 0.6) is 0 Å². The average Bonchev–Trinajstić information content (AvgIpc) is 3.12. The molecule has 3 rings (SSSR count). The fourth-order valence-electron chi connectivity index (χ4n) is 3.34. The summed E-state index contributed by atoms with van der Waals surface area (Å²) < 4.78 is 5.37. The molecule has 1 aliphatic rings. The van der Waals surface area contributed by atoms with Crippen LogP contribution in [-0.2, 0) is 11.2 Å². The number of nitrogens with two attached hydrogens (primary N) is 1. The highest BCUT2D eigenvalue weighted by molar-refractivity contribution is 5.76. The lowest BCUT2D eigenvalue weighted by Crippen LogP contribution is -2.27. The largest absolute Gasteiger partial charge is 0.399 e. The zero-order valence-corrected chi connectivity index (χ0v) is 14.7. The molecule has 0 saturated heterocycles. The normalized spacial score (nSPS) is 16.5. The van der Waals surface area contributed by atoms with Crippen LogP contribution in [-0.4, -0.2) is 16.0 Å². The van der Waals surface area contributed by atoms with Gasteiger partial charge in [0.25, 0.3) is 0 Å². The van der Waals surface area contributed by atoms with Crippen LogP contribution in [0, 0.1) is 0 Å². The van der Waals surface area contributed by atoms with E-state index in [0.717, 1.165) is 29.9 Å². The maximum atomic E-state index is 12.2. The summed E-state index contributed by atoms with van der Waals surface area (Å²) in [5.74, 6) is 1.62. The highest BCUT2D eigenvalue weighted by Crippen LogP contribution is 2.31. The Morgan fingerprint density at radius 3 is 2.84 bits per heavy atom. The molecule has 1 saturated carbocycles. The standard InChI is InChI=1S/C19H26N4O2/c1-13(19-22-18(23-25-19)15-8-3-2-4-9-15)21-17(24)12-11-14-7-5-6-10-16(14)20/h5-7,10,13,15H,2-4,8-9,11-12,20H2,1H3,(H,21,24). The van der Waals surface area contributed by atoms with Crippen LogP contribution < -0.4 is 11.1 Å². The van der Waals surface area contributed by atoms with Crippen LogP contribution in [0.25, 0.3) is 0 Å². The van der Waals surface area contributed by atoms with E-state index in [-0.39, 0.29) is 11.9 Å². The number of carbonyl (C=O) groups excluding carboxylic acids is 1. The van der Waals surface area contributed by atoms with Crippen molar-refractivity contribution >= 4 is 11.6 Å². The number of benzene rings is 1. The smallest absolute Gasteiger partial charge is 0.248 e. The summed E-state index contributed by atoms with van der Waals surface area (Å²) in [6, 6.07) is 7.32. The van der Waals surface area contributed by atoms with Gasteiger partial charge in [0.2, 0.25) is 11.8 Å². The molecule has 134 valence electrons. The van der Waals surface area contributed by atoms with E-state index in [4.69, 9.17) is 10.3 Å². The van der Waals surface area contributed by atoms with Crippen LogP contribution in [0.4, 0.5) is 5.69 Å². The van der Waals surface area contributed by atoms with E-state index in [1.165, 1.54) is 19.3 Å². The molecule has 1 fully saturated rings. The number of nitrogens with one attached hydrogen (secondary N) is 1. The first-order valence-corrected chi connectivity index (χ1v) is 9.09. The monoisotopic (exact) mass is 342 g/mol. The summed E-state index contributed by atoms with van der Waals surface area (Å²) in [6.07, 6.45) is 6.98. The number of nitrogen functional groups attached to an aromatic ring is 1. The Labute approximate surface area is 148 Å². The number of rotatable bonds is 6. The van der Waals surface area contributed by atoms with E-state index >= 15 is 0 Å². The first kappa shape index (κ1) is 17.5. The van der Waals surface area contributed by atoms with Crippen LogP contribution in [0.15, 0.2) is 28.8 Å². The number of hydrogen-bond donors (Lipinski definition) is 2. The lowest BCUT2D eigenvalue weighted by molar-refractivity contribution is -0.121. The average molecular weight is 342 g/mol. The summed E-state index contributed by atoms with van der Waals surface area (Å²) in [6.45, 7) is 1.87. The van der Waals surface area contributed by atoms with Crippen molar-refractivity contribution in [1.29, 1.82) is 0 Å². The Balaban J connectivity index is 1.51. The van der Waals surface area contributed by atoms with E-state index in [1.807, 2.05) is 31.2 Å². The SMILES string of the molecule is CC(NC(=O)CCc1ccccc1N)c1nc(C2CCCCC2)no1. The van der Waals surface area contributed by atoms with Gasteiger partial charge in [-0.05, 0) is 37.8 Å². The zero-order valence-electron chi connectivity index (χ0n) is 14.7. The van der Waals surface area contributed by atoms with Crippen LogP contribution >= 0.6 is 0 Å². The third kappa shape index (κ3) is 4.59. The summed E-state index contributed by atoms with van der Waals surface area (Å²) in [5.41, 5.74) is 7.62. The van der Waals surface area contributed by atoms with Gasteiger partial charge in [0, 0.05) is 18.0 Å². The van der Waals surface area contributed by atoms with Gasteiger partial charge in [0.1, 0.15) is 6.04 Å². The van der Waals surface area contributed by atoms with Gasteiger partial charge in [-0.3, -0.25) is 4.79 Å². The Hall–Kier alpha value is -2.37. The van der Waals surface area contributed by atoms with Crippen molar-refractivity contribution in [1.82, 2.24) is 15.5 Å². The van der Waals surface area contributed by atoms with Gasteiger partial charge < -0.3 is 15.6 Å². The van der Waals surface area contributed by atoms with Crippen molar-refractivity contribution in [3.05, 3.63) is 41.5 Å². The molecule has 6 heteroatoms. The van der Waals surface area contributed by atoms with Crippen LogP contribution in [0.3, 0.4) is 0 Å². The van der Waals surface area contributed by atoms with Crippen molar-refractivity contribution in [3.8, 4) is 0 Å². The fourth-order valence-corrected chi connectivity index (χ4v) is 3.34. The Morgan fingerprint density at radius 2 is 2.08 bits per heavy atom. The Kier molecular flexibility index (Phi) is 5.68. The minimum atomic E-state index is -0.287. The molecular weight excluding hydrogens is 316 g/mol. The van der Waals surface area contributed by atoms with Gasteiger partial charge in [-0.1, -0.05) is 42.6 Å². The molecule has 1 atom stereocenters. The molecule has 0 bridgehead atoms.